The van der Waals surface area contributed by atoms with Gasteiger partial charge in [-0.1, -0.05) is 18.2 Å². The summed E-state index contributed by atoms with van der Waals surface area (Å²) in [6.07, 6.45) is -0.829. The normalized spacial score (nSPS) is 32.3. The molecule has 7 heteroatoms. The Morgan fingerprint density at radius 1 is 0.966 bits per heavy atom. The predicted octanol–water partition coefficient (Wildman–Crippen LogP) is 5.64. The highest BCUT2D eigenvalue weighted by Crippen LogP contribution is 2.77. The molecule has 1 heterocycles. The lowest BCUT2D eigenvalue weighted by Crippen LogP contribution is -2.65. The molecule has 0 spiro atoms. The zero-order valence-corrected chi connectivity index (χ0v) is 15.5. The number of ether oxygens (including phenoxy) is 2. The van der Waals surface area contributed by atoms with Crippen molar-refractivity contribution in [3.8, 4) is 5.75 Å². The van der Waals surface area contributed by atoms with Crippen LogP contribution in [-0.4, -0.2) is 19.4 Å². The molecule has 2 aromatic rings. The van der Waals surface area contributed by atoms with E-state index >= 15 is 0 Å². The zero-order chi connectivity index (χ0) is 20.5. The van der Waals surface area contributed by atoms with Crippen LogP contribution >= 0.6 is 0 Å². The largest absolute Gasteiger partial charge is 0.484 e. The second-order valence-electron chi connectivity index (χ2n) is 8.82. The Bertz CT molecular complexity index is 927. The summed E-state index contributed by atoms with van der Waals surface area (Å²) in [5, 5.41) is 0. The fourth-order valence-corrected chi connectivity index (χ4v) is 5.47. The average Bonchev–Trinajstić information content (AvgIpc) is 3.35. The third-order valence-electron chi connectivity index (χ3n) is 6.58. The van der Waals surface area contributed by atoms with Gasteiger partial charge in [0.05, 0.1) is 6.61 Å². The summed E-state index contributed by atoms with van der Waals surface area (Å²) in [7, 11) is 0. The van der Waals surface area contributed by atoms with Crippen LogP contribution in [0.2, 0.25) is 0 Å². The Hall–Kier alpha value is -2.15. The number of halogens is 5. The Balaban J connectivity index is 1.23. The van der Waals surface area contributed by atoms with E-state index in [0.717, 1.165) is 30.9 Å². The molecule has 2 aromatic carbocycles. The van der Waals surface area contributed by atoms with E-state index in [9.17, 15) is 22.0 Å². The summed E-state index contributed by atoms with van der Waals surface area (Å²) in [5.74, 6) is -0.975. The van der Waals surface area contributed by atoms with Gasteiger partial charge in [0.1, 0.15) is 23.0 Å². The SMILES string of the molecule is Fc1ccc(C2(CC34CC(c5ccc(OCC(F)(F)F)cc5)(C3)C4)CO2)c(F)c1. The van der Waals surface area contributed by atoms with E-state index in [1.54, 1.807) is 12.1 Å². The third-order valence-corrected chi connectivity index (χ3v) is 6.58. The van der Waals surface area contributed by atoms with Crippen LogP contribution in [0.25, 0.3) is 0 Å². The highest BCUT2D eigenvalue weighted by molar-refractivity contribution is 5.42. The van der Waals surface area contributed by atoms with Crippen LogP contribution in [0.1, 0.15) is 36.8 Å². The molecule has 154 valence electrons. The smallest absolute Gasteiger partial charge is 0.422 e. The molecule has 3 saturated carbocycles. The van der Waals surface area contributed by atoms with Crippen LogP contribution in [0.5, 0.6) is 5.75 Å². The Morgan fingerprint density at radius 2 is 1.62 bits per heavy atom. The summed E-state index contributed by atoms with van der Waals surface area (Å²) in [4.78, 5) is 0. The number of benzene rings is 2. The van der Waals surface area contributed by atoms with E-state index in [1.807, 2.05) is 12.1 Å². The predicted molar refractivity (Wildman–Crippen MR) is 94.6 cm³/mol. The molecule has 0 amide bonds. The van der Waals surface area contributed by atoms with Crippen LogP contribution < -0.4 is 4.74 Å². The third kappa shape index (κ3) is 3.19. The average molecular weight is 410 g/mol. The van der Waals surface area contributed by atoms with Gasteiger partial charge in [-0.2, -0.15) is 13.2 Å². The summed E-state index contributed by atoms with van der Waals surface area (Å²) < 4.78 is 74.6. The first-order valence-electron chi connectivity index (χ1n) is 9.53. The maximum atomic E-state index is 14.2. The minimum absolute atomic E-state index is 0.0416. The second kappa shape index (κ2) is 5.94. The van der Waals surface area contributed by atoms with Crippen molar-refractivity contribution in [2.45, 2.75) is 42.9 Å². The standard InChI is InChI=1S/C22H19F5O2/c23-15-3-6-17(18(24)7-15)21(12-29-21)11-19-8-20(9-19,10-19)14-1-4-16(5-2-14)28-13-22(25,26)27/h1-7H,8-13H2. The summed E-state index contributed by atoms with van der Waals surface area (Å²) in [6, 6.07) is 10.4. The van der Waals surface area contributed by atoms with Crippen LogP contribution in [0.4, 0.5) is 22.0 Å². The quantitative estimate of drug-likeness (QED) is 0.454. The van der Waals surface area contributed by atoms with Crippen LogP contribution in [-0.2, 0) is 15.8 Å². The molecule has 3 aliphatic carbocycles. The van der Waals surface area contributed by atoms with Gasteiger partial charge >= 0.3 is 6.18 Å². The fourth-order valence-electron chi connectivity index (χ4n) is 5.47. The van der Waals surface area contributed by atoms with Crippen LogP contribution in [0.15, 0.2) is 42.5 Å². The number of epoxide rings is 1. The van der Waals surface area contributed by atoms with E-state index in [4.69, 9.17) is 9.47 Å². The second-order valence-corrected chi connectivity index (χ2v) is 8.82. The molecule has 6 rings (SSSR count). The number of alkyl halides is 3. The number of hydrogen-bond donors (Lipinski definition) is 0. The van der Waals surface area contributed by atoms with Gasteiger partial charge in [0.15, 0.2) is 6.61 Å². The summed E-state index contributed by atoms with van der Waals surface area (Å²) >= 11 is 0. The van der Waals surface area contributed by atoms with Gasteiger partial charge in [0.2, 0.25) is 0 Å². The zero-order valence-electron chi connectivity index (χ0n) is 15.5. The van der Waals surface area contributed by atoms with Crippen molar-refractivity contribution in [3.63, 3.8) is 0 Å². The van der Waals surface area contributed by atoms with Gasteiger partial charge in [0, 0.05) is 11.6 Å². The van der Waals surface area contributed by atoms with Crippen molar-refractivity contribution in [1.29, 1.82) is 0 Å². The Morgan fingerprint density at radius 3 is 2.17 bits per heavy atom. The number of rotatable bonds is 6. The Labute approximate surface area is 164 Å². The van der Waals surface area contributed by atoms with E-state index in [2.05, 4.69) is 0 Å². The van der Waals surface area contributed by atoms with Crippen molar-refractivity contribution in [2.24, 2.45) is 5.41 Å². The van der Waals surface area contributed by atoms with Crippen molar-refractivity contribution in [3.05, 3.63) is 65.2 Å². The van der Waals surface area contributed by atoms with Gasteiger partial charge < -0.3 is 9.47 Å². The van der Waals surface area contributed by atoms with E-state index in [0.29, 0.717) is 18.6 Å². The van der Waals surface area contributed by atoms with E-state index < -0.39 is 30.0 Å². The van der Waals surface area contributed by atoms with Gasteiger partial charge in [0.25, 0.3) is 0 Å². The molecule has 0 N–H and O–H groups in total. The molecule has 0 aromatic heterocycles. The van der Waals surface area contributed by atoms with Crippen molar-refractivity contribution in [2.75, 3.05) is 13.2 Å². The van der Waals surface area contributed by atoms with Crippen molar-refractivity contribution < 1.29 is 31.4 Å². The van der Waals surface area contributed by atoms with Gasteiger partial charge in [-0.05, 0) is 60.3 Å². The highest BCUT2D eigenvalue weighted by atomic mass is 19.4. The highest BCUT2D eigenvalue weighted by Gasteiger charge is 2.71. The molecule has 4 fully saturated rings. The van der Waals surface area contributed by atoms with Crippen LogP contribution in [0, 0.1) is 17.0 Å². The molecule has 1 aliphatic heterocycles. The molecule has 1 saturated heterocycles. The summed E-state index contributed by atoms with van der Waals surface area (Å²) in [5.41, 5.74) is 0.990. The molecule has 2 bridgehead atoms. The van der Waals surface area contributed by atoms with Crippen molar-refractivity contribution >= 4 is 0 Å². The maximum absolute atomic E-state index is 14.2. The lowest BCUT2D eigenvalue weighted by atomic mass is 9.32. The topological polar surface area (TPSA) is 21.8 Å². The minimum atomic E-state index is -4.36. The van der Waals surface area contributed by atoms with Gasteiger partial charge in [-0.15, -0.1) is 0 Å². The van der Waals surface area contributed by atoms with Gasteiger partial charge in [-0.25, -0.2) is 8.78 Å². The first-order chi connectivity index (χ1) is 13.6. The molecule has 4 aliphatic rings. The minimum Gasteiger partial charge on any atom is -0.484 e. The molecule has 1 atom stereocenters. The van der Waals surface area contributed by atoms with E-state index in [1.165, 1.54) is 12.1 Å². The van der Waals surface area contributed by atoms with Crippen molar-refractivity contribution in [1.82, 2.24) is 0 Å². The van der Waals surface area contributed by atoms with Gasteiger partial charge in [-0.3, -0.25) is 0 Å². The van der Waals surface area contributed by atoms with Crippen LogP contribution in [0.3, 0.4) is 0 Å². The molecular weight excluding hydrogens is 391 g/mol. The lowest BCUT2D eigenvalue weighted by Gasteiger charge is -2.72. The van der Waals surface area contributed by atoms with E-state index in [-0.39, 0.29) is 16.6 Å². The maximum Gasteiger partial charge on any atom is 0.422 e. The molecule has 29 heavy (non-hydrogen) atoms. The summed E-state index contributed by atoms with van der Waals surface area (Å²) in [6.45, 7) is -0.863. The molecule has 0 radical (unpaired) electrons. The first-order valence-corrected chi connectivity index (χ1v) is 9.53. The first kappa shape index (κ1) is 18.9. The fraction of sp³-hybridized carbons (Fsp3) is 0.455. The molecule has 1 unspecified atom stereocenters. The Kier molecular flexibility index (Phi) is 3.86. The monoisotopic (exact) mass is 410 g/mol. The molecule has 2 nitrogen and oxygen atoms in total. The lowest BCUT2D eigenvalue weighted by molar-refractivity contribution is -0.158. The molecular formula is C22H19F5O2. The number of hydrogen-bond acceptors (Lipinski definition) is 2.